The van der Waals surface area contributed by atoms with Crippen LogP contribution in [-0.2, 0) is 16.1 Å². The van der Waals surface area contributed by atoms with Gasteiger partial charge in [0.25, 0.3) is 0 Å². The SMILES string of the molecule is C=CC(=O)N1CCC(C(=O)NCCn2c(=O)[nH]c3ccccc32)CC1. The van der Waals surface area contributed by atoms with E-state index in [1.807, 2.05) is 24.3 Å². The first kappa shape index (κ1) is 17.0. The van der Waals surface area contributed by atoms with E-state index in [1.54, 1.807) is 9.47 Å². The van der Waals surface area contributed by atoms with Gasteiger partial charge in [-0.25, -0.2) is 4.79 Å². The molecule has 2 N–H and O–H groups in total. The van der Waals surface area contributed by atoms with Crippen LogP contribution in [0.1, 0.15) is 12.8 Å². The van der Waals surface area contributed by atoms with Crippen molar-refractivity contribution in [3.63, 3.8) is 0 Å². The van der Waals surface area contributed by atoms with Gasteiger partial charge in [0.2, 0.25) is 11.8 Å². The Morgan fingerprint density at radius 2 is 2.00 bits per heavy atom. The van der Waals surface area contributed by atoms with Gasteiger partial charge in [-0.3, -0.25) is 14.2 Å². The van der Waals surface area contributed by atoms with E-state index >= 15 is 0 Å². The van der Waals surface area contributed by atoms with Crippen LogP contribution >= 0.6 is 0 Å². The number of nitrogens with zero attached hydrogens (tertiary/aromatic N) is 2. The van der Waals surface area contributed by atoms with E-state index in [-0.39, 0.29) is 23.4 Å². The number of hydrogen-bond acceptors (Lipinski definition) is 3. The zero-order valence-corrected chi connectivity index (χ0v) is 14.0. The second kappa shape index (κ2) is 7.38. The molecule has 1 saturated heterocycles. The molecular weight excluding hydrogens is 320 g/mol. The number of aromatic amines is 1. The lowest BCUT2D eigenvalue weighted by molar-refractivity contribution is -0.132. The van der Waals surface area contributed by atoms with Gasteiger partial charge in [-0.1, -0.05) is 18.7 Å². The number of H-pyrrole nitrogens is 1. The minimum absolute atomic E-state index is 0.0152. The van der Waals surface area contributed by atoms with Gasteiger partial charge in [0, 0.05) is 32.1 Å². The summed E-state index contributed by atoms with van der Waals surface area (Å²) in [5.74, 6) is -0.190. The molecule has 2 heterocycles. The molecular formula is C18H22N4O3. The van der Waals surface area contributed by atoms with Crippen molar-refractivity contribution in [2.24, 2.45) is 5.92 Å². The van der Waals surface area contributed by atoms with Gasteiger partial charge in [-0.05, 0) is 31.1 Å². The van der Waals surface area contributed by atoms with Crippen molar-refractivity contribution in [2.45, 2.75) is 19.4 Å². The van der Waals surface area contributed by atoms with Crippen LogP contribution in [0.5, 0.6) is 0 Å². The van der Waals surface area contributed by atoms with E-state index in [2.05, 4.69) is 16.9 Å². The molecule has 7 nitrogen and oxygen atoms in total. The first-order valence-electron chi connectivity index (χ1n) is 8.46. The summed E-state index contributed by atoms with van der Waals surface area (Å²) in [7, 11) is 0. The Bertz CT molecular complexity index is 843. The minimum atomic E-state index is -0.174. The fourth-order valence-electron chi connectivity index (χ4n) is 3.26. The van der Waals surface area contributed by atoms with E-state index in [4.69, 9.17) is 0 Å². The zero-order valence-electron chi connectivity index (χ0n) is 14.0. The molecule has 0 bridgehead atoms. The Morgan fingerprint density at radius 3 is 2.72 bits per heavy atom. The fraction of sp³-hybridized carbons (Fsp3) is 0.389. The number of amides is 2. The Balaban J connectivity index is 1.51. The molecule has 1 aromatic carbocycles. The maximum Gasteiger partial charge on any atom is 0.326 e. The Kier molecular flexibility index (Phi) is 5.02. The molecule has 0 aliphatic carbocycles. The number of piperidine rings is 1. The number of imidazole rings is 1. The van der Waals surface area contributed by atoms with Crippen LogP contribution in [-0.4, -0.2) is 45.9 Å². The van der Waals surface area contributed by atoms with Crippen LogP contribution < -0.4 is 11.0 Å². The number of hydrogen-bond donors (Lipinski definition) is 2. The van der Waals surface area contributed by atoms with Gasteiger partial charge in [-0.2, -0.15) is 0 Å². The van der Waals surface area contributed by atoms with Gasteiger partial charge in [-0.15, -0.1) is 0 Å². The van der Waals surface area contributed by atoms with E-state index < -0.39 is 0 Å². The Hall–Kier alpha value is -2.83. The van der Waals surface area contributed by atoms with Gasteiger partial charge in [0.05, 0.1) is 11.0 Å². The summed E-state index contributed by atoms with van der Waals surface area (Å²) in [6.07, 6.45) is 2.61. The molecule has 0 radical (unpaired) electrons. The van der Waals surface area contributed by atoms with Crippen molar-refractivity contribution in [3.05, 3.63) is 47.4 Å². The Morgan fingerprint density at radius 1 is 1.28 bits per heavy atom. The smallest absolute Gasteiger partial charge is 0.326 e. The number of carbonyl (C=O) groups is 2. The molecule has 1 fully saturated rings. The molecule has 3 rings (SSSR count). The second-order valence-corrected chi connectivity index (χ2v) is 6.19. The first-order valence-corrected chi connectivity index (χ1v) is 8.46. The van der Waals surface area contributed by atoms with Crippen LogP contribution in [0.15, 0.2) is 41.7 Å². The molecule has 2 amide bonds. The third-order valence-electron chi connectivity index (χ3n) is 4.67. The molecule has 0 atom stereocenters. The van der Waals surface area contributed by atoms with Crippen molar-refractivity contribution >= 4 is 22.8 Å². The van der Waals surface area contributed by atoms with Gasteiger partial charge in [0.15, 0.2) is 0 Å². The molecule has 132 valence electrons. The zero-order chi connectivity index (χ0) is 17.8. The van der Waals surface area contributed by atoms with Crippen molar-refractivity contribution in [1.29, 1.82) is 0 Å². The molecule has 25 heavy (non-hydrogen) atoms. The lowest BCUT2D eigenvalue weighted by Gasteiger charge is -2.30. The van der Waals surface area contributed by atoms with Crippen molar-refractivity contribution in [1.82, 2.24) is 19.8 Å². The molecule has 7 heteroatoms. The largest absolute Gasteiger partial charge is 0.354 e. The third kappa shape index (κ3) is 3.65. The quantitative estimate of drug-likeness (QED) is 0.791. The predicted octanol–water partition coefficient (Wildman–Crippen LogP) is 0.870. The van der Waals surface area contributed by atoms with Crippen molar-refractivity contribution in [3.8, 4) is 0 Å². The monoisotopic (exact) mass is 342 g/mol. The number of aromatic nitrogens is 2. The van der Waals surface area contributed by atoms with Gasteiger partial charge in [0.1, 0.15) is 0 Å². The second-order valence-electron chi connectivity index (χ2n) is 6.19. The highest BCUT2D eigenvalue weighted by Gasteiger charge is 2.26. The average Bonchev–Trinajstić information content (AvgIpc) is 2.96. The highest BCUT2D eigenvalue weighted by atomic mass is 16.2. The molecule has 2 aromatic rings. The van der Waals surface area contributed by atoms with Crippen LogP contribution in [0, 0.1) is 5.92 Å². The molecule has 0 unspecified atom stereocenters. The maximum absolute atomic E-state index is 12.3. The number of likely N-dealkylation sites (tertiary alicyclic amines) is 1. The number of para-hydroxylation sites is 2. The van der Waals surface area contributed by atoms with Gasteiger partial charge >= 0.3 is 5.69 Å². The first-order chi connectivity index (χ1) is 12.1. The van der Waals surface area contributed by atoms with E-state index in [0.29, 0.717) is 39.0 Å². The summed E-state index contributed by atoms with van der Waals surface area (Å²) in [5, 5.41) is 2.90. The summed E-state index contributed by atoms with van der Waals surface area (Å²) in [6, 6.07) is 7.47. The number of carbonyl (C=O) groups excluding carboxylic acids is 2. The molecule has 0 spiro atoms. The van der Waals surface area contributed by atoms with E-state index in [9.17, 15) is 14.4 Å². The summed E-state index contributed by atoms with van der Waals surface area (Å²) >= 11 is 0. The fourth-order valence-corrected chi connectivity index (χ4v) is 3.26. The van der Waals surface area contributed by atoms with Crippen LogP contribution in [0.25, 0.3) is 11.0 Å². The third-order valence-corrected chi connectivity index (χ3v) is 4.67. The van der Waals surface area contributed by atoms with Crippen molar-refractivity contribution < 1.29 is 9.59 Å². The van der Waals surface area contributed by atoms with Gasteiger partial charge < -0.3 is 15.2 Å². The highest BCUT2D eigenvalue weighted by Crippen LogP contribution is 2.17. The van der Waals surface area contributed by atoms with E-state index in [0.717, 1.165) is 11.0 Å². The lowest BCUT2D eigenvalue weighted by Crippen LogP contribution is -2.43. The van der Waals surface area contributed by atoms with Crippen LogP contribution in [0.4, 0.5) is 0 Å². The average molecular weight is 342 g/mol. The number of fused-ring (bicyclic) bond motifs is 1. The summed E-state index contributed by atoms with van der Waals surface area (Å²) < 4.78 is 1.63. The normalized spacial score (nSPS) is 15.3. The minimum Gasteiger partial charge on any atom is -0.354 e. The van der Waals surface area contributed by atoms with E-state index in [1.165, 1.54) is 6.08 Å². The lowest BCUT2D eigenvalue weighted by atomic mass is 9.96. The standard InChI is InChI=1S/C18H22N4O3/c1-2-16(23)21-10-7-13(8-11-21)17(24)19-9-12-22-15-6-4-3-5-14(15)20-18(22)25/h2-6,13H,1,7-12H2,(H,19,24)(H,20,25). The molecule has 1 aliphatic heterocycles. The summed E-state index contributed by atoms with van der Waals surface area (Å²) in [5.41, 5.74) is 1.45. The van der Waals surface area contributed by atoms with Crippen molar-refractivity contribution in [2.75, 3.05) is 19.6 Å². The van der Waals surface area contributed by atoms with Crippen LogP contribution in [0.2, 0.25) is 0 Å². The predicted molar refractivity (Wildman–Crippen MR) is 95.1 cm³/mol. The molecule has 0 saturated carbocycles. The maximum atomic E-state index is 12.3. The number of nitrogens with one attached hydrogen (secondary N) is 2. The topological polar surface area (TPSA) is 87.2 Å². The Labute approximate surface area is 145 Å². The summed E-state index contributed by atoms with van der Waals surface area (Å²) in [6.45, 7) is 5.45. The molecule has 1 aromatic heterocycles. The summed E-state index contributed by atoms with van der Waals surface area (Å²) in [4.78, 5) is 40.4. The van der Waals surface area contributed by atoms with Crippen LogP contribution in [0.3, 0.4) is 0 Å². The molecule has 1 aliphatic rings. The number of rotatable bonds is 5. The highest BCUT2D eigenvalue weighted by molar-refractivity contribution is 5.87. The number of benzene rings is 1.